The second-order valence-electron chi connectivity index (χ2n) is 5.48. The van der Waals surface area contributed by atoms with E-state index in [2.05, 4.69) is 15.5 Å². The number of methoxy groups -OCH3 is 1. The molecule has 0 aliphatic carbocycles. The number of nitrogens with zero attached hydrogens (tertiary/aromatic N) is 2. The van der Waals surface area contributed by atoms with Crippen LogP contribution in [0.3, 0.4) is 0 Å². The van der Waals surface area contributed by atoms with Crippen LogP contribution in [0.15, 0.2) is 46.9 Å². The van der Waals surface area contributed by atoms with Crippen LogP contribution in [0.25, 0.3) is 11.5 Å². The van der Waals surface area contributed by atoms with Gasteiger partial charge in [0.1, 0.15) is 0 Å². The number of hydrogen-bond donors (Lipinski definition) is 1. The van der Waals surface area contributed by atoms with Crippen LogP contribution in [-0.2, 0) is 11.3 Å². The molecule has 1 aromatic heterocycles. The molecule has 130 valence electrons. The molecule has 0 saturated carbocycles. The van der Waals surface area contributed by atoms with Crippen LogP contribution in [0, 0.1) is 0 Å². The van der Waals surface area contributed by atoms with Crippen molar-refractivity contribution >= 4 is 28.9 Å². The number of anilines is 1. The maximum Gasteiger partial charge on any atom is 0.249 e. The maximum absolute atomic E-state index is 6.17. The first-order valence-electron chi connectivity index (χ1n) is 7.71. The SMILES string of the molecule is CO[C@H](C)c1cccc(NCc2nnc(-c3ccc(Cl)cc3Cl)o2)c1. The Morgan fingerprint density at radius 2 is 2.00 bits per heavy atom. The molecule has 0 aliphatic rings. The Morgan fingerprint density at radius 3 is 2.76 bits per heavy atom. The highest BCUT2D eigenvalue weighted by molar-refractivity contribution is 6.36. The molecule has 3 aromatic rings. The van der Waals surface area contributed by atoms with Crippen LogP contribution < -0.4 is 5.32 Å². The zero-order valence-electron chi connectivity index (χ0n) is 13.8. The lowest BCUT2D eigenvalue weighted by Gasteiger charge is -2.11. The van der Waals surface area contributed by atoms with Gasteiger partial charge in [0.25, 0.3) is 0 Å². The van der Waals surface area contributed by atoms with E-state index in [0.29, 0.717) is 33.9 Å². The predicted octanol–water partition coefficient (Wildman–Crippen LogP) is 5.36. The minimum Gasteiger partial charge on any atom is -0.419 e. The standard InChI is InChI=1S/C18H17Cl2N3O2/c1-11(24-2)12-4-3-5-14(8-12)21-10-17-22-23-18(25-17)15-7-6-13(19)9-16(15)20/h3-9,11,21H,10H2,1-2H3/t11-/m1/s1. The summed E-state index contributed by atoms with van der Waals surface area (Å²) in [6, 6.07) is 13.1. The first-order chi connectivity index (χ1) is 12.1. The molecular formula is C18H17Cl2N3O2. The average molecular weight is 378 g/mol. The van der Waals surface area contributed by atoms with E-state index in [4.69, 9.17) is 32.4 Å². The summed E-state index contributed by atoms with van der Waals surface area (Å²) in [5.41, 5.74) is 2.69. The zero-order chi connectivity index (χ0) is 17.8. The fraction of sp³-hybridized carbons (Fsp3) is 0.222. The lowest BCUT2D eigenvalue weighted by molar-refractivity contribution is 0.119. The Hall–Kier alpha value is -2.08. The number of ether oxygens (including phenoxy) is 1. The molecule has 0 radical (unpaired) electrons. The van der Waals surface area contributed by atoms with Gasteiger partial charge in [-0.15, -0.1) is 10.2 Å². The van der Waals surface area contributed by atoms with Gasteiger partial charge in [0, 0.05) is 17.8 Å². The van der Waals surface area contributed by atoms with Crippen LogP contribution in [0.1, 0.15) is 24.5 Å². The minimum atomic E-state index is 0.0313. The van der Waals surface area contributed by atoms with Crippen LogP contribution in [0.2, 0.25) is 10.0 Å². The molecule has 0 bridgehead atoms. The highest BCUT2D eigenvalue weighted by Crippen LogP contribution is 2.29. The van der Waals surface area contributed by atoms with Gasteiger partial charge in [0.2, 0.25) is 11.8 Å². The van der Waals surface area contributed by atoms with Gasteiger partial charge in [0.05, 0.1) is 23.2 Å². The van der Waals surface area contributed by atoms with E-state index < -0.39 is 0 Å². The van der Waals surface area contributed by atoms with Gasteiger partial charge in [-0.25, -0.2) is 0 Å². The maximum atomic E-state index is 6.17. The number of aromatic nitrogens is 2. The van der Waals surface area contributed by atoms with Crippen molar-refractivity contribution in [3.8, 4) is 11.5 Å². The molecule has 1 N–H and O–H groups in total. The summed E-state index contributed by atoms with van der Waals surface area (Å²) < 4.78 is 11.0. The van der Waals surface area contributed by atoms with Crippen LogP contribution in [0.4, 0.5) is 5.69 Å². The fourth-order valence-electron chi connectivity index (χ4n) is 2.31. The van der Waals surface area contributed by atoms with E-state index in [1.807, 2.05) is 31.2 Å². The monoisotopic (exact) mass is 377 g/mol. The molecule has 25 heavy (non-hydrogen) atoms. The molecule has 3 rings (SSSR count). The molecule has 0 spiro atoms. The van der Waals surface area contributed by atoms with Crippen molar-refractivity contribution in [3.63, 3.8) is 0 Å². The number of rotatable bonds is 6. The average Bonchev–Trinajstić information content (AvgIpc) is 3.08. The third-order valence-corrected chi connectivity index (χ3v) is 4.33. The van der Waals surface area contributed by atoms with Gasteiger partial charge >= 0.3 is 0 Å². The molecule has 2 aromatic carbocycles. The minimum absolute atomic E-state index is 0.0313. The van der Waals surface area contributed by atoms with Crippen molar-refractivity contribution in [2.75, 3.05) is 12.4 Å². The topological polar surface area (TPSA) is 60.2 Å². The fourth-order valence-corrected chi connectivity index (χ4v) is 2.80. The molecule has 0 saturated heterocycles. The summed E-state index contributed by atoms with van der Waals surface area (Å²) in [6.45, 7) is 2.41. The summed E-state index contributed by atoms with van der Waals surface area (Å²) in [5.74, 6) is 0.825. The Bertz CT molecular complexity index is 867. The predicted molar refractivity (Wildman–Crippen MR) is 98.9 cm³/mol. The molecule has 0 fully saturated rings. The summed E-state index contributed by atoms with van der Waals surface area (Å²) in [5, 5.41) is 12.4. The largest absolute Gasteiger partial charge is 0.419 e. The molecular weight excluding hydrogens is 361 g/mol. The van der Waals surface area contributed by atoms with Crippen molar-refractivity contribution in [3.05, 3.63) is 64.0 Å². The van der Waals surface area contributed by atoms with Crippen molar-refractivity contribution in [2.24, 2.45) is 0 Å². The van der Waals surface area contributed by atoms with Gasteiger partial charge in [-0.3, -0.25) is 0 Å². The van der Waals surface area contributed by atoms with Gasteiger partial charge < -0.3 is 14.5 Å². The Kier molecular flexibility index (Phi) is 5.58. The van der Waals surface area contributed by atoms with E-state index >= 15 is 0 Å². The van der Waals surface area contributed by atoms with E-state index in [-0.39, 0.29) is 6.10 Å². The highest BCUT2D eigenvalue weighted by Gasteiger charge is 2.12. The first-order valence-corrected chi connectivity index (χ1v) is 8.47. The number of benzene rings is 2. The smallest absolute Gasteiger partial charge is 0.249 e. The normalized spacial score (nSPS) is 12.2. The van der Waals surface area contributed by atoms with Crippen LogP contribution >= 0.6 is 23.2 Å². The molecule has 0 unspecified atom stereocenters. The Morgan fingerprint density at radius 1 is 1.16 bits per heavy atom. The van der Waals surface area contributed by atoms with E-state index in [1.54, 1.807) is 25.3 Å². The van der Waals surface area contributed by atoms with Crippen molar-refractivity contribution in [2.45, 2.75) is 19.6 Å². The number of halogens is 2. The molecule has 0 amide bonds. The van der Waals surface area contributed by atoms with Gasteiger partial charge in [-0.05, 0) is 42.8 Å². The van der Waals surface area contributed by atoms with Crippen molar-refractivity contribution in [1.29, 1.82) is 0 Å². The molecule has 7 heteroatoms. The molecule has 1 heterocycles. The molecule has 1 atom stereocenters. The zero-order valence-corrected chi connectivity index (χ0v) is 15.3. The molecule has 0 aliphatic heterocycles. The summed E-state index contributed by atoms with van der Waals surface area (Å²) in [7, 11) is 1.69. The third kappa shape index (κ3) is 4.31. The quantitative estimate of drug-likeness (QED) is 0.626. The lowest BCUT2D eigenvalue weighted by atomic mass is 10.1. The van der Waals surface area contributed by atoms with E-state index in [0.717, 1.165) is 11.3 Å². The summed E-state index contributed by atoms with van der Waals surface area (Å²) in [4.78, 5) is 0. The van der Waals surface area contributed by atoms with Crippen molar-refractivity contribution < 1.29 is 9.15 Å². The Balaban J connectivity index is 1.70. The third-order valence-electron chi connectivity index (χ3n) is 3.78. The highest BCUT2D eigenvalue weighted by atomic mass is 35.5. The Labute approximate surface area is 155 Å². The summed E-state index contributed by atoms with van der Waals surface area (Å²) in [6.07, 6.45) is 0.0313. The van der Waals surface area contributed by atoms with E-state index in [9.17, 15) is 0 Å². The first kappa shape index (κ1) is 17.7. The van der Waals surface area contributed by atoms with Crippen molar-refractivity contribution in [1.82, 2.24) is 10.2 Å². The molecule has 5 nitrogen and oxygen atoms in total. The van der Waals surface area contributed by atoms with Gasteiger partial charge in [-0.1, -0.05) is 35.3 Å². The second kappa shape index (κ2) is 7.87. The van der Waals surface area contributed by atoms with Crippen LogP contribution in [0.5, 0.6) is 0 Å². The van der Waals surface area contributed by atoms with Gasteiger partial charge in [-0.2, -0.15) is 0 Å². The number of nitrogens with one attached hydrogen (secondary N) is 1. The van der Waals surface area contributed by atoms with Crippen LogP contribution in [-0.4, -0.2) is 17.3 Å². The second-order valence-corrected chi connectivity index (χ2v) is 6.33. The summed E-state index contributed by atoms with van der Waals surface area (Å²) >= 11 is 12.1. The number of hydrogen-bond acceptors (Lipinski definition) is 5. The van der Waals surface area contributed by atoms with Gasteiger partial charge in [0.15, 0.2) is 0 Å². The van der Waals surface area contributed by atoms with E-state index in [1.165, 1.54) is 0 Å². The lowest BCUT2D eigenvalue weighted by Crippen LogP contribution is -2.01.